The molecule has 4 nitrogen and oxygen atoms in total. The van der Waals surface area contributed by atoms with Gasteiger partial charge in [-0.3, -0.25) is 4.79 Å². The van der Waals surface area contributed by atoms with Crippen molar-refractivity contribution in [1.29, 1.82) is 0 Å². The number of alkyl carbamates (subject to hydrolysis) is 1. The Labute approximate surface area is 131 Å². The Hall–Kier alpha value is -1.62. The van der Waals surface area contributed by atoms with Gasteiger partial charge in [-0.2, -0.15) is 0 Å². The van der Waals surface area contributed by atoms with E-state index in [4.69, 9.17) is 4.74 Å². The van der Waals surface area contributed by atoms with Crippen molar-refractivity contribution >= 4 is 27.8 Å². The van der Waals surface area contributed by atoms with E-state index in [-0.39, 0.29) is 11.2 Å². The summed E-state index contributed by atoms with van der Waals surface area (Å²) < 4.78 is 6.22. The number of amides is 1. The number of hydrogen-bond acceptors (Lipinski definition) is 3. The zero-order valence-electron chi connectivity index (χ0n) is 11.9. The van der Waals surface area contributed by atoms with E-state index in [0.29, 0.717) is 24.2 Å². The van der Waals surface area contributed by atoms with Crippen molar-refractivity contribution in [3.8, 4) is 0 Å². The fourth-order valence-electron chi connectivity index (χ4n) is 2.93. The topological polar surface area (TPSA) is 55.4 Å². The molecule has 1 heterocycles. The number of carbonyl (C=O) groups is 2. The summed E-state index contributed by atoms with van der Waals surface area (Å²) in [7, 11) is 0. The third-order valence-electron chi connectivity index (χ3n) is 3.85. The van der Waals surface area contributed by atoms with Crippen molar-refractivity contribution in [2.45, 2.75) is 32.7 Å². The standard InChI is InChI=1S/C16H16BrNO3/c1-16(2)7-11(19)13-12(8-16)21-15(20)18-14(13)9-3-5-10(17)6-4-9/h3-6,14H,7-8H2,1-2H3,(H,18,20). The van der Waals surface area contributed by atoms with Gasteiger partial charge in [-0.15, -0.1) is 0 Å². The predicted octanol–water partition coefficient (Wildman–Crippen LogP) is 3.87. The number of ether oxygens (including phenoxy) is 1. The maximum atomic E-state index is 12.5. The van der Waals surface area contributed by atoms with Crippen LogP contribution in [0, 0.1) is 5.41 Å². The molecule has 1 amide bonds. The summed E-state index contributed by atoms with van der Waals surface area (Å²) in [4.78, 5) is 24.3. The predicted molar refractivity (Wildman–Crippen MR) is 81.5 cm³/mol. The molecule has 1 aromatic carbocycles. The van der Waals surface area contributed by atoms with E-state index in [9.17, 15) is 9.59 Å². The zero-order valence-corrected chi connectivity index (χ0v) is 13.5. The molecule has 0 radical (unpaired) electrons. The first-order chi connectivity index (χ1) is 9.85. The molecule has 110 valence electrons. The summed E-state index contributed by atoms with van der Waals surface area (Å²) in [6, 6.07) is 7.18. The van der Waals surface area contributed by atoms with Crippen LogP contribution in [-0.4, -0.2) is 11.9 Å². The fraction of sp³-hybridized carbons (Fsp3) is 0.375. The van der Waals surface area contributed by atoms with Crippen LogP contribution in [0.3, 0.4) is 0 Å². The van der Waals surface area contributed by atoms with Gasteiger partial charge in [-0.05, 0) is 23.1 Å². The number of hydrogen-bond donors (Lipinski definition) is 1. The molecule has 0 saturated carbocycles. The molecule has 3 rings (SSSR count). The number of ketones is 1. The lowest BCUT2D eigenvalue weighted by atomic mass is 9.74. The zero-order chi connectivity index (χ0) is 15.2. The van der Waals surface area contributed by atoms with Crippen LogP contribution in [0.2, 0.25) is 0 Å². The van der Waals surface area contributed by atoms with Gasteiger partial charge in [-0.25, -0.2) is 4.79 Å². The normalized spacial score (nSPS) is 24.2. The van der Waals surface area contributed by atoms with Crippen LogP contribution in [0.4, 0.5) is 4.79 Å². The van der Waals surface area contributed by atoms with Gasteiger partial charge in [0.15, 0.2) is 5.78 Å². The molecule has 0 fully saturated rings. The maximum Gasteiger partial charge on any atom is 0.413 e. The SMILES string of the molecule is CC1(C)CC(=O)C2=C(C1)OC(=O)NC2c1ccc(Br)cc1. The van der Waals surface area contributed by atoms with Crippen molar-refractivity contribution in [2.24, 2.45) is 5.41 Å². The quantitative estimate of drug-likeness (QED) is 0.837. The lowest BCUT2D eigenvalue weighted by Gasteiger charge is -2.37. The molecular weight excluding hydrogens is 334 g/mol. The van der Waals surface area contributed by atoms with Gasteiger partial charge in [0.25, 0.3) is 0 Å². The number of rotatable bonds is 1. The first-order valence-corrected chi connectivity index (χ1v) is 7.65. The van der Waals surface area contributed by atoms with E-state index in [1.54, 1.807) is 0 Å². The number of nitrogens with one attached hydrogen (secondary N) is 1. The molecule has 0 saturated heterocycles. The Morgan fingerprint density at radius 3 is 2.52 bits per heavy atom. The Morgan fingerprint density at radius 2 is 1.86 bits per heavy atom. The molecular formula is C16H16BrNO3. The summed E-state index contributed by atoms with van der Waals surface area (Å²) in [5.41, 5.74) is 1.31. The average molecular weight is 350 g/mol. The number of Topliss-reactive ketones (excluding diaryl/α,β-unsaturated/α-hetero) is 1. The van der Waals surface area contributed by atoms with Gasteiger partial charge in [0.1, 0.15) is 5.76 Å². The van der Waals surface area contributed by atoms with Crippen molar-refractivity contribution in [3.63, 3.8) is 0 Å². The van der Waals surface area contributed by atoms with Crippen molar-refractivity contribution in [3.05, 3.63) is 45.6 Å². The van der Waals surface area contributed by atoms with E-state index in [2.05, 4.69) is 21.2 Å². The molecule has 1 N–H and O–H groups in total. The molecule has 1 aliphatic carbocycles. The molecule has 1 aromatic rings. The minimum absolute atomic E-state index is 0.0502. The first-order valence-electron chi connectivity index (χ1n) is 6.86. The minimum atomic E-state index is -0.493. The molecule has 21 heavy (non-hydrogen) atoms. The highest BCUT2D eigenvalue weighted by atomic mass is 79.9. The number of benzene rings is 1. The number of carbonyl (C=O) groups excluding carboxylic acids is 2. The molecule has 1 unspecified atom stereocenters. The van der Waals surface area contributed by atoms with E-state index in [1.165, 1.54) is 0 Å². The molecule has 2 aliphatic rings. The molecule has 5 heteroatoms. The van der Waals surface area contributed by atoms with Crippen molar-refractivity contribution in [1.82, 2.24) is 5.32 Å². The van der Waals surface area contributed by atoms with E-state index in [0.717, 1.165) is 10.0 Å². The number of halogens is 1. The van der Waals surface area contributed by atoms with Crippen LogP contribution < -0.4 is 5.32 Å². The monoisotopic (exact) mass is 349 g/mol. The van der Waals surface area contributed by atoms with E-state index >= 15 is 0 Å². The van der Waals surface area contributed by atoms with Gasteiger partial charge in [0.2, 0.25) is 0 Å². The second-order valence-electron chi connectivity index (χ2n) is 6.30. The van der Waals surface area contributed by atoms with Crippen LogP contribution >= 0.6 is 15.9 Å². The van der Waals surface area contributed by atoms with Crippen molar-refractivity contribution < 1.29 is 14.3 Å². The highest BCUT2D eigenvalue weighted by Gasteiger charge is 2.41. The molecule has 0 spiro atoms. The summed E-state index contributed by atoms with van der Waals surface area (Å²) >= 11 is 3.39. The van der Waals surface area contributed by atoms with E-state index in [1.807, 2.05) is 38.1 Å². The van der Waals surface area contributed by atoms with Gasteiger partial charge < -0.3 is 10.1 Å². The molecule has 0 bridgehead atoms. The molecule has 1 atom stereocenters. The highest BCUT2D eigenvalue weighted by Crippen LogP contribution is 2.43. The largest absolute Gasteiger partial charge is 0.414 e. The first kappa shape index (κ1) is 14.3. The lowest BCUT2D eigenvalue weighted by Crippen LogP contribution is -2.41. The van der Waals surface area contributed by atoms with Gasteiger partial charge in [-0.1, -0.05) is 41.9 Å². The lowest BCUT2D eigenvalue weighted by molar-refractivity contribution is -0.119. The second kappa shape index (κ2) is 4.98. The summed E-state index contributed by atoms with van der Waals surface area (Å²) in [6.45, 7) is 4.03. The highest BCUT2D eigenvalue weighted by molar-refractivity contribution is 9.10. The second-order valence-corrected chi connectivity index (χ2v) is 7.21. The maximum absolute atomic E-state index is 12.5. The third-order valence-corrected chi connectivity index (χ3v) is 4.38. The molecule has 0 aromatic heterocycles. The van der Waals surface area contributed by atoms with Crippen LogP contribution in [0.1, 0.15) is 38.3 Å². The Bertz CT molecular complexity index is 646. The Kier molecular flexibility index (Phi) is 3.40. The van der Waals surface area contributed by atoms with Crippen LogP contribution in [0.5, 0.6) is 0 Å². The van der Waals surface area contributed by atoms with Crippen LogP contribution in [0.25, 0.3) is 0 Å². The van der Waals surface area contributed by atoms with Crippen LogP contribution in [-0.2, 0) is 9.53 Å². The molecule has 1 aliphatic heterocycles. The van der Waals surface area contributed by atoms with Crippen LogP contribution in [0.15, 0.2) is 40.1 Å². The van der Waals surface area contributed by atoms with E-state index < -0.39 is 12.1 Å². The smallest absolute Gasteiger partial charge is 0.413 e. The van der Waals surface area contributed by atoms with Gasteiger partial charge in [0.05, 0.1) is 11.6 Å². The third kappa shape index (κ3) is 2.75. The summed E-state index contributed by atoms with van der Waals surface area (Å²) in [5.74, 6) is 0.571. The van der Waals surface area contributed by atoms with Gasteiger partial charge in [0, 0.05) is 17.3 Å². The fourth-order valence-corrected chi connectivity index (χ4v) is 3.19. The minimum Gasteiger partial charge on any atom is -0.414 e. The number of allylic oxidation sites excluding steroid dienone is 1. The summed E-state index contributed by atoms with van der Waals surface area (Å²) in [6.07, 6.45) is 0.583. The van der Waals surface area contributed by atoms with Crippen molar-refractivity contribution in [2.75, 3.05) is 0 Å². The Morgan fingerprint density at radius 1 is 1.19 bits per heavy atom. The Balaban J connectivity index is 2.06. The summed E-state index contributed by atoms with van der Waals surface area (Å²) in [5, 5.41) is 2.75. The van der Waals surface area contributed by atoms with Gasteiger partial charge >= 0.3 is 6.09 Å². The average Bonchev–Trinajstić information content (AvgIpc) is 2.36.